The lowest BCUT2D eigenvalue weighted by molar-refractivity contribution is -0.117. The van der Waals surface area contributed by atoms with Crippen LogP contribution in [0.4, 0.5) is 5.69 Å². The molecule has 0 spiro atoms. The molecule has 0 aromatic carbocycles. The van der Waals surface area contributed by atoms with Crippen LogP contribution in [0.15, 0.2) is 47.7 Å². The molecule has 0 radical (unpaired) electrons. The number of rotatable bonds is 3. The van der Waals surface area contributed by atoms with Crippen LogP contribution in [0.1, 0.15) is 0 Å². The predicted octanol–water partition coefficient (Wildman–Crippen LogP) is 0.277. The molecule has 0 atom stereocenters. The summed E-state index contributed by atoms with van der Waals surface area (Å²) in [5.74, 6) is -0.308. The lowest BCUT2D eigenvalue weighted by Gasteiger charge is -2.05. The maximum Gasteiger partial charge on any atom is 0.267 e. The molecule has 2 rings (SSSR count). The summed E-state index contributed by atoms with van der Waals surface area (Å²) < 4.78 is 1.09. The summed E-state index contributed by atoms with van der Waals surface area (Å²) >= 11 is 0. The first-order valence-corrected chi connectivity index (χ1v) is 4.98. The first-order chi connectivity index (χ1) is 8.25. The zero-order valence-electron chi connectivity index (χ0n) is 8.91. The van der Waals surface area contributed by atoms with E-state index in [4.69, 9.17) is 0 Å². The highest BCUT2D eigenvalue weighted by Crippen LogP contribution is 2.02. The van der Waals surface area contributed by atoms with Crippen LogP contribution in [-0.2, 0) is 11.3 Å². The number of nitrogens with one attached hydrogen (secondary N) is 1. The molecule has 0 saturated heterocycles. The van der Waals surface area contributed by atoms with Gasteiger partial charge < -0.3 is 5.32 Å². The van der Waals surface area contributed by atoms with Gasteiger partial charge in [-0.3, -0.25) is 14.6 Å². The van der Waals surface area contributed by atoms with Gasteiger partial charge in [-0.15, -0.1) is 0 Å². The molecule has 6 heteroatoms. The van der Waals surface area contributed by atoms with Crippen molar-refractivity contribution in [3.63, 3.8) is 0 Å². The molecule has 6 nitrogen and oxygen atoms in total. The van der Waals surface area contributed by atoms with Gasteiger partial charge in [0, 0.05) is 30.3 Å². The molecular formula is C11H10N4O2. The molecule has 1 amide bonds. The fourth-order valence-electron chi connectivity index (χ4n) is 1.28. The van der Waals surface area contributed by atoms with E-state index in [1.54, 1.807) is 24.5 Å². The fourth-order valence-corrected chi connectivity index (χ4v) is 1.28. The van der Waals surface area contributed by atoms with Gasteiger partial charge in [0.2, 0.25) is 5.91 Å². The molecule has 0 aliphatic rings. The minimum absolute atomic E-state index is 0.109. The standard InChI is InChI=1S/C11H10N4O2/c16-10(14-9-3-6-12-7-4-9)8-15-11(17)2-1-5-13-15/h1-7H,8H2,(H,12,14,16). The van der Waals surface area contributed by atoms with E-state index in [2.05, 4.69) is 15.4 Å². The quantitative estimate of drug-likeness (QED) is 0.821. The van der Waals surface area contributed by atoms with Crippen molar-refractivity contribution in [2.24, 2.45) is 0 Å². The van der Waals surface area contributed by atoms with Crippen LogP contribution in [0.5, 0.6) is 0 Å². The first-order valence-electron chi connectivity index (χ1n) is 4.98. The number of aromatic nitrogens is 3. The monoisotopic (exact) mass is 230 g/mol. The van der Waals surface area contributed by atoms with Crippen LogP contribution in [0.25, 0.3) is 0 Å². The molecule has 1 N–H and O–H groups in total. The zero-order valence-corrected chi connectivity index (χ0v) is 8.91. The Hall–Kier alpha value is -2.50. The number of pyridine rings is 1. The van der Waals surface area contributed by atoms with E-state index in [0.717, 1.165) is 4.68 Å². The first kappa shape index (κ1) is 11.0. The summed E-state index contributed by atoms with van der Waals surface area (Å²) in [7, 11) is 0. The van der Waals surface area contributed by atoms with Crippen molar-refractivity contribution in [1.29, 1.82) is 0 Å². The Balaban J connectivity index is 2.04. The van der Waals surface area contributed by atoms with Crippen LogP contribution in [0.2, 0.25) is 0 Å². The number of amides is 1. The predicted molar refractivity (Wildman–Crippen MR) is 61.4 cm³/mol. The van der Waals surface area contributed by atoms with Gasteiger partial charge in [-0.1, -0.05) is 0 Å². The van der Waals surface area contributed by atoms with Crippen molar-refractivity contribution >= 4 is 11.6 Å². The topological polar surface area (TPSA) is 76.9 Å². The third-order valence-electron chi connectivity index (χ3n) is 2.04. The number of hydrogen-bond acceptors (Lipinski definition) is 4. The van der Waals surface area contributed by atoms with Crippen LogP contribution >= 0.6 is 0 Å². The largest absolute Gasteiger partial charge is 0.324 e. The SMILES string of the molecule is O=C(Cn1ncccc1=O)Nc1ccncc1. The normalized spacial score (nSPS) is 9.88. The molecule has 2 aromatic rings. The zero-order chi connectivity index (χ0) is 12.1. The highest BCUT2D eigenvalue weighted by molar-refractivity contribution is 5.90. The van der Waals surface area contributed by atoms with Gasteiger partial charge in [0.25, 0.3) is 5.56 Å². The maximum atomic E-state index is 11.6. The molecule has 0 unspecified atom stereocenters. The van der Waals surface area contributed by atoms with Crippen molar-refractivity contribution < 1.29 is 4.79 Å². The summed E-state index contributed by atoms with van der Waals surface area (Å²) in [5.41, 5.74) is 0.325. The molecule has 17 heavy (non-hydrogen) atoms. The van der Waals surface area contributed by atoms with Gasteiger partial charge in [-0.25, -0.2) is 4.68 Å². The van der Waals surface area contributed by atoms with Crippen LogP contribution in [-0.4, -0.2) is 20.7 Å². The van der Waals surface area contributed by atoms with Crippen molar-refractivity contribution in [2.45, 2.75) is 6.54 Å². The van der Waals surface area contributed by atoms with E-state index in [1.165, 1.54) is 18.3 Å². The highest BCUT2D eigenvalue weighted by Gasteiger charge is 2.04. The number of carbonyl (C=O) groups excluding carboxylic acids is 1. The van der Waals surface area contributed by atoms with Crippen LogP contribution in [0, 0.1) is 0 Å². The number of anilines is 1. The lowest BCUT2D eigenvalue weighted by atomic mass is 10.4. The summed E-state index contributed by atoms with van der Waals surface area (Å²) in [6, 6.07) is 6.21. The average Bonchev–Trinajstić information content (AvgIpc) is 2.33. The van der Waals surface area contributed by atoms with Gasteiger partial charge >= 0.3 is 0 Å². The van der Waals surface area contributed by atoms with E-state index in [0.29, 0.717) is 5.69 Å². The van der Waals surface area contributed by atoms with Gasteiger partial charge in [0.05, 0.1) is 0 Å². The Morgan fingerprint density at radius 2 is 2.00 bits per heavy atom. The van der Waals surface area contributed by atoms with Gasteiger partial charge in [-0.2, -0.15) is 5.10 Å². The third kappa shape index (κ3) is 2.97. The molecule has 2 aromatic heterocycles. The molecule has 86 valence electrons. The third-order valence-corrected chi connectivity index (χ3v) is 2.04. The van der Waals surface area contributed by atoms with Gasteiger partial charge in [0.1, 0.15) is 6.54 Å². The molecule has 2 heterocycles. The highest BCUT2D eigenvalue weighted by atomic mass is 16.2. The van der Waals surface area contributed by atoms with Crippen molar-refractivity contribution in [3.8, 4) is 0 Å². The number of hydrogen-bond donors (Lipinski definition) is 1. The minimum Gasteiger partial charge on any atom is -0.324 e. The number of nitrogens with zero attached hydrogens (tertiary/aromatic N) is 3. The van der Waals surface area contributed by atoms with Crippen molar-refractivity contribution in [3.05, 3.63) is 53.2 Å². The fraction of sp³-hybridized carbons (Fsp3) is 0.0909. The molecule has 0 fully saturated rings. The summed E-state index contributed by atoms with van der Waals surface area (Å²) in [6.45, 7) is -0.109. The average molecular weight is 230 g/mol. The van der Waals surface area contributed by atoms with Crippen molar-refractivity contribution in [2.75, 3.05) is 5.32 Å². The van der Waals surface area contributed by atoms with Crippen molar-refractivity contribution in [1.82, 2.24) is 14.8 Å². The lowest BCUT2D eigenvalue weighted by Crippen LogP contribution is -2.28. The van der Waals surface area contributed by atoms with E-state index in [1.807, 2.05) is 0 Å². The van der Waals surface area contributed by atoms with E-state index < -0.39 is 0 Å². The van der Waals surface area contributed by atoms with Gasteiger partial charge in [-0.05, 0) is 18.2 Å². The minimum atomic E-state index is -0.308. The summed E-state index contributed by atoms with van der Waals surface area (Å²) in [5, 5.41) is 6.43. The number of carbonyl (C=O) groups is 1. The maximum absolute atomic E-state index is 11.6. The smallest absolute Gasteiger partial charge is 0.267 e. The molecule has 0 aliphatic carbocycles. The van der Waals surface area contributed by atoms with Gasteiger partial charge in [0.15, 0.2) is 0 Å². The van der Waals surface area contributed by atoms with Crippen LogP contribution in [0.3, 0.4) is 0 Å². The summed E-state index contributed by atoms with van der Waals surface area (Å²) in [4.78, 5) is 26.8. The molecular weight excluding hydrogens is 220 g/mol. The van der Waals surface area contributed by atoms with E-state index in [-0.39, 0.29) is 18.0 Å². The molecule has 0 aliphatic heterocycles. The Morgan fingerprint density at radius 1 is 1.24 bits per heavy atom. The molecule has 0 bridgehead atoms. The Labute approximate surface area is 96.9 Å². The second-order valence-corrected chi connectivity index (χ2v) is 3.30. The van der Waals surface area contributed by atoms with E-state index in [9.17, 15) is 9.59 Å². The van der Waals surface area contributed by atoms with E-state index >= 15 is 0 Å². The second kappa shape index (κ2) is 5.02. The Bertz CT molecular complexity index is 565. The van der Waals surface area contributed by atoms with Crippen LogP contribution < -0.4 is 10.9 Å². The Morgan fingerprint density at radius 3 is 2.71 bits per heavy atom. The Kier molecular flexibility index (Phi) is 3.25. The second-order valence-electron chi connectivity index (χ2n) is 3.30. The summed E-state index contributed by atoms with van der Waals surface area (Å²) in [6.07, 6.45) is 4.60. The molecule has 0 saturated carbocycles.